The zero-order chi connectivity index (χ0) is 16.8. The normalized spacial score (nSPS) is 11.8. The largest absolute Gasteiger partial charge is 0.496 e. The minimum absolute atomic E-state index is 0.0124. The van der Waals surface area contributed by atoms with E-state index in [1.165, 1.54) is 0 Å². The van der Waals surface area contributed by atoms with Gasteiger partial charge < -0.3 is 15.4 Å². The number of nitrogens with one attached hydrogen (secondary N) is 2. The third-order valence-corrected chi connectivity index (χ3v) is 4.23. The summed E-state index contributed by atoms with van der Waals surface area (Å²) < 4.78 is 6.23. The first-order chi connectivity index (χ1) is 11.0. The molecule has 0 radical (unpaired) electrons. The molecule has 1 amide bonds. The molecular weight excluding hydrogens is 356 g/mol. The number of methoxy groups -OCH3 is 1. The van der Waals surface area contributed by atoms with Crippen molar-refractivity contribution in [2.45, 2.75) is 19.9 Å². The van der Waals surface area contributed by atoms with E-state index in [0.717, 1.165) is 27.0 Å². The highest BCUT2D eigenvalue weighted by Gasteiger charge is 2.12. The van der Waals surface area contributed by atoms with E-state index in [2.05, 4.69) is 26.6 Å². The predicted octanol–water partition coefficient (Wildman–Crippen LogP) is 4.06. The van der Waals surface area contributed by atoms with E-state index in [1.807, 2.05) is 56.3 Å². The first kappa shape index (κ1) is 17.5. The number of amides is 1. The van der Waals surface area contributed by atoms with Gasteiger partial charge in [0.05, 0.1) is 19.3 Å². The van der Waals surface area contributed by atoms with Crippen LogP contribution in [-0.2, 0) is 4.79 Å². The molecule has 4 nitrogen and oxygen atoms in total. The minimum atomic E-state index is -0.0868. The number of rotatable bonds is 6. The molecule has 0 unspecified atom stereocenters. The first-order valence-electron chi connectivity index (χ1n) is 7.43. The molecule has 2 rings (SSSR count). The fourth-order valence-electron chi connectivity index (χ4n) is 2.30. The number of carbonyl (C=O) groups is 1. The Morgan fingerprint density at radius 3 is 2.70 bits per heavy atom. The molecule has 2 aromatic rings. The highest BCUT2D eigenvalue weighted by Crippen LogP contribution is 2.25. The van der Waals surface area contributed by atoms with E-state index in [9.17, 15) is 4.79 Å². The third kappa shape index (κ3) is 4.81. The molecule has 0 aliphatic carbocycles. The molecule has 2 aromatic carbocycles. The lowest BCUT2D eigenvalue weighted by atomic mass is 10.1. The Bertz CT molecular complexity index is 688. The van der Waals surface area contributed by atoms with Gasteiger partial charge in [-0.3, -0.25) is 4.79 Å². The Morgan fingerprint density at radius 2 is 2.00 bits per heavy atom. The van der Waals surface area contributed by atoms with Gasteiger partial charge in [-0.1, -0.05) is 24.3 Å². The molecule has 0 aromatic heterocycles. The minimum Gasteiger partial charge on any atom is -0.496 e. The van der Waals surface area contributed by atoms with Gasteiger partial charge in [-0.15, -0.1) is 0 Å². The molecule has 122 valence electrons. The van der Waals surface area contributed by atoms with Crippen LogP contribution in [0.5, 0.6) is 5.75 Å². The number of carbonyl (C=O) groups excluding carboxylic acids is 1. The van der Waals surface area contributed by atoms with Crippen LogP contribution in [0.4, 0.5) is 5.69 Å². The van der Waals surface area contributed by atoms with Gasteiger partial charge in [-0.2, -0.15) is 0 Å². The van der Waals surface area contributed by atoms with Gasteiger partial charge in [0, 0.05) is 16.1 Å². The number of halogens is 1. The van der Waals surface area contributed by atoms with Gasteiger partial charge in [-0.05, 0) is 53.5 Å². The van der Waals surface area contributed by atoms with Crippen molar-refractivity contribution in [1.29, 1.82) is 0 Å². The van der Waals surface area contributed by atoms with Crippen molar-refractivity contribution in [2.24, 2.45) is 0 Å². The Balaban J connectivity index is 1.93. The summed E-state index contributed by atoms with van der Waals surface area (Å²) in [6, 6.07) is 13.6. The fraction of sp³-hybridized carbons (Fsp3) is 0.278. The van der Waals surface area contributed by atoms with Crippen LogP contribution in [0.25, 0.3) is 0 Å². The lowest BCUT2D eigenvalue weighted by molar-refractivity contribution is -0.115. The van der Waals surface area contributed by atoms with Crippen LogP contribution in [-0.4, -0.2) is 19.6 Å². The lowest BCUT2D eigenvalue weighted by Crippen LogP contribution is -2.30. The molecule has 0 aliphatic rings. The molecule has 0 fully saturated rings. The fourth-order valence-corrected chi connectivity index (χ4v) is 2.89. The molecule has 0 spiro atoms. The first-order valence-corrected chi connectivity index (χ1v) is 8.23. The van der Waals surface area contributed by atoms with Gasteiger partial charge in [0.1, 0.15) is 5.75 Å². The maximum absolute atomic E-state index is 12.1. The van der Waals surface area contributed by atoms with E-state index in [0.29, 0.717) is 0 Å². The summed E-state index contributed by atoms with van der Waals surface area (Å²) >= 11 is 3.46. The zero-order valence-electron chi connectivity index (χ0n) is 13.5. The van der Waals surface area contributed by atoms with Crippen LogP contribution in [0, 0.1) is 6.92 Å². The molecule has 0 heterocycles. The number of para-hydroxylation sites is 1. The maximum Gasteiger partial charge on any atom is 0.238 e. The van der Waals surface area contributed by atoms with Crippen molar-refractivity contribution in [3.63, 3.8) is 0 Å². The van der Waals surface area contributed by atoms with Crippen molar-refractivity contribution in [3.05, 3.63) is 58.1 Å². The Hall–Kier alpha value is -1.85. The summed E-state index contributed by atoms with van der Waals surface area (Å²) in [5.41, 5.74) is 2.93. The summed E-state index contributed by atoms with van der Waals surface area (Å²) in [4.78, 5) is 12.1. The highest BCUT2D eigenvalue weighted by atomic mass is 79.9. The van der Waals surface area contributed by atoms with Crippen LogP contribution in [0.1, 0.15) is 24.1 Å². The van der Waals surface area contributed by atoms with Crippen molar-refractivity contribution in [1.82, 2.24) is 5.32 Å². The van der Waals surface area contributed by atoms with Gasteiger partial charge in [0.25, 0.3) is 0 Å². The summed E-state index contributed by atoms with van der Waals surface area (Å²) in [5, 5.41) is 6.11. The molecule has 0 bridgehead atoms. The summed E-state index contributed by atoms with van der Waals surface area (Å²) in [6.45, 7) is 4.24. The Kier molecular flexibility index (Phi) is 6.19. The summed E-state index contributed by atoms with van der Waals surface area (Å²) in [6.07, 6.45) is 0. The van der Waals surface area contributed by atoms with Crippen LogP contribution in [0.3, 0.4) is 0 Å². The van der Waals surface area contributed by atoms with Gasteiger partial charge >= 0.3 is 0 Å². The highest BCUT2D eigenvalue weighted by molar-refractivity contribution is 9.10. The van der Waals surface area contributed by atoms with Gasteiger partial charge in [-0.25, -0.2) is 0 Å². The van der Waals surface area contributed by atoms with Gasteiger partial charge in [0.2, 0.25) is 5.91 Å². The molecule has 5 heteroatoms. The van der Waals surface area contributed by atoms with Crippen molar-refractivity contribution >= 4 is 27.5 Å². The molecule has 23 heavy (non-hydrogen) atoms. The van der Waals surface area contributed by atoms with Crippen molar-refractivity contribution in [3.8, 4) is 5.75 Å². The van der Waals surface area contributed by atoms with Crippen LogP contribution in [0.15, 0.2) is 46.9 Å². The SMILES string of the molecule is COc1ccccc1[C@@H](C)NCC(=O)Nc1ccc(C)cc1Br. The maximum atomic E-state index is 12.1. The second-order valence-corrected chi connectivity index (χ2v) is 6.23. The average molecular weight is 377 g/mol. The standard InChI is InChI=1S/C18H21BrN2O2/c1-12-8-9-16(15(19)10-12)21-18(22)11-20-13(2)14-6-4-5-7-17(14)23-3/h4-10,13,20H,11H2,1-3H3,(H,21,22)/t13-/m1/s1. The summed E-state index contributed by atoms with van der Waals surface area (Å²) in [7, 11) is 1.65. The second-order valence-electron chi connectivity index (χ2n) is 5.38. The van der Waals surface area contributed by atoms with Crippen LogP contribution < -0.4 is 15.4 Å². The Morgan fingerprint density at radius 1 is 1.26 bits per heavy atom. The number of benzene rings is 2. The van der Waals surface area contributed by atoms with E-state index in [1.54, 1.807) is 7.11 Å². The molecule has 0 aliphatic heterocycles. The quantitative estimate of drug-likeness (QED) is 0.799. The predicted molar refractivity (Wildman–Crippen MR) is 96.9 cm³/mol. The number of aryl methyl sites for hydroxylation is 1. The molecular formula is C18H21BrN2O2. The molecule has 2 N–H and O–H groups in total. The van der Waals surface area contributed by atoms with Crippen molar-refractivity contribution in [2.75, 3.05) is 19.0 Å². The van der Waals surface area contributed by atoms with Gasteiger partial charge in [0.15, 0.2) is 0 Å². The second kappa shape index (κ2) is 8.13. The van der Waals surface area contributed by atoms with Crippen LogP contribution in [0.2, 0.25) is 0 Å². The van der Waals surface area contributed by atoms with Crippen molar-refractivity contribution < 1.29 is 9.53 Å². The molecule has 1 atom stereocenters. The van der Waals surface area contributed by atoms with Crippen LogP contribution >= 0.6 is 15.9 Å². The van der Waals surface area contributed by atoms with E-state index < -0.39 is 0 Å². The Labute approximate surface area is 145 Å². The summed E-state index contributed by atoms with van der Waals surface area (Å²) in [5.74, 6) is 0.727. The topological polar surface area (TPSA) is 50.4 Å². The monoisotopic (exact) mass is 376 g/mol. The molecule has 0 saturated carbocycles. The number of anilines is 1. The smallest absolute Gasteiger partial charge is 0.238 e. The average Bonchev–Trinajstić information content (AvgIpc) is 2.55. The number of ether oxygens (including phenoxy) is 1. The third-order valence-electron chi connectivity index (χ3n) is 3.57. The number of hydrogen-bond donors (Lipinski definition) is 2. The van der Waals surface area contributed by atoms with E-state index in [-0.39, 0.29) is 18.5 Å². The van der Waals surface area contributed by atoms with E-state index in [4.69, 9.17) is 4.74 Å². The number of hydrogen-bond acceptors (Lipinski definition) is 3. The lowest BCUT2D eigenvalue weighted by Gasteiger charge is -2.17. The van der Waals surface area contributed by atoms with E-state index >= 15 is 0 Å². The molecule has 0 saturated heterocycles. The zero-order valence-corrected chi connectivity index (χ0v) is 15.1.